The van der Waals surface area contributed by atoms with Crippen molar-refractivity contribution in [2.75, 3.05) is 47.8 Å². The SMILES string of the molecule is COc1cc2c(cc1OC)[C@@H]1[C@@H]3Cc4cc(OC)c(OC)cc4[C@H](CNC(=O)/C=C/c4ccc(N)cc4)N3[C@@H](C#N)[C@H](C2)N1C. The molecule has 0 unspecified atom stereocenters. The van der Waals surface area contributed by atoms with Gasteiger partial charge >= 0.3 is 0 Å². The first kappa shape index (κ1) is 30.3. The Morgan fingerprint density at radius 3 is 2.07 bits per heavy atom. The number of carbonyl (C=O) groups excluding carboxylic acids is 1. The third kappa shape index (κ3) is 5.32. The van der Waals surface area contributed by atoms with Crippen molar-refractivity contribution in [3.63, 3.8) is 0 Å². The van der Waals surface area contributed by atoms with E-state index in [1.54, 1.807) is 46.6 Å². The number of fused-ring (bicyclic) bond motifs is 7. The van der Waals surface area contributed by atoms with Crippen LogP contribution in [-0.2, 0) is 17.6 Å². The average Bonchev–Trinajstić information content (AvgIpc) is 3.05. The third-order valence-corrected chi connectivity index (χ3v) is 9.55. The van der Waals surface area contributed by atoms with Crippen LogP contribution in [0.3, 0.4) is 0 Å². The van der Waals surface area contributed by atoms with E-state index in [1.807, 2.05) is 24.3 Å². The molecular formula is C35H39N5O5. The number of nitrogens with zero attached hydrogens (tertiary/aromatic N) is 3. The number of methoxy groups -OCH3 is 4. The van der Waals surface area contributed by atoms with Gasteiger partial charge in [-0.25, -0.2) is 0 Å². The molecule has 10 nitrogen and oxygen atoms in total. The predicted molar refractivity (Wildman–Crippen MR) is 171 cm³/mol. The zero-order valence-electron chi connectivity index (χ0n) is 26.2. The van der Waals surface area contributed by atoms with Gasteiger partial charge in [-0.2, -0.15) is 5.26 Å². The number of likely N-dealkylation sites (N-methyl/N-ethyl adjacent to an activating group) is 1. The highest BCUT2D eigenvalue weighted by Gasteiger charge is 2.54. The predicted octanol–water partition coefficient (Wildman–Crippen LogP) is 3.90. The molecule has 3 aliphatic rings. The molecule has 3 aromatic carbocycles. The molecule has 1 fully saturated rings. The zero-order valence-corrected chi connectivity index (χ0v) is 26.2. The van der Waals surface area contributed by atoms with E-state index >= 15 is 0 Å². The molecule has 3 heterocycles. The fourth-order valence-electron chi connectivity index (χ4n) is 7.42. The summed E-state index contributed by atoms with van der Waals surface area (Å²) < 4.78 is 22.7. The Labute approximate surface area is 263 Å². The molecule has 10 heteroatoms. The summed E-state index contributed by atoms with van der Waals surface area (Å²) >= 11 is 0. The summed E-state index contributed by atoms with van der Waals surface area (Å²) in [5.41, 5.74) is 11.8. The van der Waals surface area contributed by atoms with Crippen molar-refractivity contribution in [1.82, 2.24) is 15.1 Å². The van der Waals surface area contributed by atoms with E-state index in [2.05, 4.69) is 40.4 Å². The summed E-state index contributed by atoms with van der Waals surface area (Å²) in [6.07, 6.45) is 4.66. The summed E-state index contributed by atoms with van der Waals surface area (Å²) in [7, 11) is 8.65. The highest BCUT2D eigenvalue weighted by Crippen LogP contribution is 2.52. The lowest BCUT2D eigenvalue weighted by Gasteiger charge is -2.60. The molecule has 5 atom stereocenters. The van der Waals surface area contributed by atoms with Gasteiger partial charge in [-0.05, 0) is 90.2 Å². The van der Waals surface area contributed by atoms with E-state index in [4.69, 9.17) is 24.7 Å². The monoisotopic (exact) mass is 609 g/mol. The second kappa shape index (κ2) is 12.3. The van der Waals surface area contributed by atoms with Crippen molar-refractivity contribution < 1.29 is 23.7 Å². The Hall–Kier alpha value is -4.72. The normalized spacial score (nSPS) is 23.7. The largest absolute Gasteiger partial charge is 0.493 e. The van der Waals surface area contributed by atoms with Crippen LogP contribution in [-0.4, -0.2) is 75.9 Å². The third-order valence-electron chi connectivity index (χ3n) is 9.55. The molecule has 3 aromatic rings. The minimum Gasteiger partial charge on any atom is -0.493 e. The highest BCUT2D eigenvalue weighted by atomic mass is 16.5. The van der Waals surface area contributed by atoms with E-state index in [-0.39, 0.29) is 30.1 Å². The number of nitrogens with two attached hydrogens (primary N) is 1. The number of piperazine rings is 1. The van der Waals surface area contributed by atoms with Gasteiger partial charge in [0.05, 0.1) is 46.6 Å². The van der Waals surface area contributed by atoms with E-state index in [9.17, 15) is 10.1 Å². The van der Waals surface area contributed by atoms with Crippen LogP contribution in [0.25, 0.3) is 6.08 Å². The number of amides is 1. The molecule has 0 radical (unpaired) electrons. The van der Waals surface area contributed by atoms with Crippen molar-refractivity contribution in [2.45, 2.75) is 43.1 Å². The number of nitrogen functional groups attached to an aromatic ring is 1. The summed E-state index contributed by atoms with van der Waals surface area (Å²) in [6, 6.07) is 17.3. The smallest absolute Gasteiger partial charge is 0.244 e. The maximum Gasteiger partial charge on any atom is 0.244 e. The molecule has 0 saturated carbocycles. The van der Waals surface area contributed by atoms with Crippen LogP contribution in [0, 0.1) is 11.3 Å². The summed E-state index contributed by atoms with van der Waals surface area (Å²) in [4.78, 5) is 17.8. The first-order valence-corrected chi connectivity index (χ1v) is 15.0. The van der Waals surface area contributed by atoms with Crippen molar-refractivity contribution in [1.29, 1.82) is 5.26 Å². The van der Waals surface area contributed by atoms with Crippen molar-refractivity contribution in [3.05, 3.63) is 82.4 Å². The molecule has 1 amide bonds. The molecule has 0 aromatic heterocycles. The van der Waals surface area contributed by atoms with E-state index in [0.717, 1.165) is 27.8 Å². The molecule has 1 saturated heterocycles. The molecular weight excluding hydrogens is 570 g/mol. The highest BCUT2D eigenvalue weighted by molar-refractivity contribution is 5.91. The van der Waals surface area contributed by atoms with Gasteiger partial charge < -0.3 is 30.0 Å². The lowest BCUT2D eigenvalue weighted by molar-refractivity contribution is -0.117. The van der Waals surface area contributed by atoms with Crippen LogP contribution in [0.15, 0.2) is 54.6 Å². The number of carbonyl (C=O) groups is 1. The number of rotatable bonds is 8. The molecule has 45 heavy (non-hydrogen) atoms. The number of benzene rings is 3. The van der Waals surface area contributed by atoms with Crippen LogP contribution in [0.1, 0.15) is 39.9 Å². The van der Waals surface area contributed by atoms with Crippen LogP contribution in [0.4, 0.5) is 5.69 Å². The molecule has 234 valence electrons. The number of anilines is 1. The lowest BCUT2D eigenvalue weighted by Crippen LogP contribution is -2.68. The lowest BCUT2D eigenvalue weighted by atomic mass is 9.72. The fraction of sp³-hybridized carbons (Fsp3) is 0.371. The Balaban J connectivity index is 1.41. The number of hydrogen-bond donors (Lipinski definition) is 2. The van der Waals surface area contributed by atoms with Gasteiger partial charge in [-0.3, -0.25) is 14.6 Å². The molecule has 6 rings (SSSR count). The second-order valence-corrected chi connectivity index (χ2v) is 11.7. The summed E-state index contributed by atoms with van der Waals surface area (Å²) in [6.45, 7) is 0.310. The van der Waals surface area contributed by atoms with Gasteiger partial charge in [0.15, 0.2) is 23.0 Å². The van der Waals surface area contributed by atoms with Crippen LogP contribution >= 0.6 is 0 Å². The maximum atomic E-state index is 13.1. The molecule has 0 spiro atoms. The zero-order chi connectivity index (χ0) is 31.8. The van der Waals surface area contributed by atoms with Crippen molar-refractivity contribution in [2.24, 2.45) is 0 Å². The van der Waals surface area contributed by atoms with Crippen LogP contribution < -0.4 is 30.0 Å². The van der Waals surface area contributed by atoms with Crippen LogP contribution in [0.5, 0.6) is 23.0 Å². The standard InChI is InChI=1S/C35H39N5O5/c1-39-26-12-22-15-31(43-3)33(45-5)17-25(22)35(39)27-13-21-14-30(42-2)32(44-4)16-24(21)29(40(27)28(26)18-36)19-38-34(41)11-8-20-6-9-23(37)10-7-20/h6-11,14-17,26-29,35H,12-13,19,37H2,1-5H3,(H,38,41)/b11-8+/t26-,27-,28-,29-,35+/m0/s1. The van der Waals surface area contributed by atoms with Gasteiger partial charge in [0.2, 0.25) is 5.91 Å². The second-order valence-electron chi connectivity index (χ2n) is 11.7. The topological polar surface area (TPSA) is 122 Å². The van der Waals surface area contributed by atoms with Gasteiger partial charge in [-0.15, -0.1) is 0 Å². The van der Waals surface area contributed by atoms with Gasteiger partial charge in [0, 0.05) is 30.4 Å². The Bertz CT molecular complexity index is 1670. The van der Waals surface area contributed by atoms with Crippen molar-refractivity contribution in [3.8, 4) is 29.1 Å². The van der Waals surface area contributed by atoms with Crippen molar-refractivity contribution >= 4 is 17.7 Å². The van der Waals surface area contributed by atoms with Crippen LogP contribution in [0.2, 0.25) is 0 Å². The first-order chi connectivity index (χ1) is 21.8. The molecule has 3 aliphatic heterocycles. The summed E-state index contributed by atoms with van der Waals surface area (Å²) in [5, 5.41) is 13.9. The average molecular weight is 610 g/mol. The Morgan fingerprint density at radius 1 is 0.911 bits per heavy atom. The Morgan fingerprint density at radius 2 is 1.47 bits per heavy atom. The molecule has 0 aliphatic carbocycles. The maximum absolute atomic E-state index is 13.1. The minimum absolute atomic E-state index is 0.0204. The number of nitriles is 1. The van der Waals surface area contributed by atoms with E-state index in [1.165, 1.54) is 6.08 Å². The Kier molecular flexibility index (Phi) is 8.32. The van der Waals surface area contributed by atoms with E-state index in [0.29, 0.717) is 48.1 Å². The van der Waals surface area contributed by atoms with Gasteiger partial charge in [-0.1, -0.05) is 12.1 Å². The quantitative estimate of drug-likeness (QED) is 0.289. The first-order valence-electron chi connectivity index (χ1n) is 15.0. The molecule has 3 N–H and O–H groups in total. The molecule has 2 bridgehead atoms. The minimum atomic E-state index is -0.425. The number of nitrogens with one attached hydrogen (secondary N) is 1. The van der Waals surface area contributed by atoms with Gasteiger partial charge in [0.1, 0.15) is 6.04 Å². The fourth-order valence-corrected chi connectivity index (χ4v) is 7.42. The summed E-state index contributed by atoms with van der Waals surface area (Å²) in [5.74, 6) is 2.40. The van der Waals surface area contributed by atoms with E-state index < -0.39 is 6.04 Å². The number of ether oxygens (including phenoxy) is 4. The number of hydrogen-bond acceptors (Lipinski definition) is 9. The van der Waals surface area contributed by atoms with Gasteiger partial charge in [0.25, 0.3) is 0 Å².